The van der Waals surface area contributed by atoms with Gasteiger partial charge in [0.25, 0.3) is 0 Å². The van der Waals surface area contributed by atoms with Crippen LogP contribution in [0.2, 0.25) is 0 Å². The number of rotatable bonds is 1. The Labute approximate surface area is 116 Å². The van der Waals surface area contributed by atoms with Crippen LogP contribution in [-0.2, 0) is 5.72 Å². The fraction of sp³-hybridized carbons (Fsp3) is 0.188. The van der Waals surface area contributed by atoms with Crippen LogP contribution in [-0.4, -0.2) is 28.9 Å². The Kier molecular flexibility index (Phi) is 2.26. The summed E-state index contributed by atoms with van der Waals surface area (Å²) in [6.45, 7) is 1.29. The average Bonchev–Trinajstić information content (AvgIpc) is 3.04. The Morgan fingerprint density at radius 2 is 1.95 bits per heavy atom. The summed E-state index contributed by atoms with van der Waals surface area (Å²) in [5, 5.41) is 11.3. The van der Waals surface area contributed by atoms with Crippen LogP contribution in [0.1, 0.15) is 16.7 Å². The molecule has 0 aliphatic carbocycles. The predicted molar refractivity (Wildman–Crippen MR) is 74.0 cm³/mol. The number of nitrogens with zero attached hydrogens (tertiary/aromatic N) is 2. The van der Waals surface area contributed by atoms with Crippen molar-refractivity contribution in [3.8, 4) is 0 Å². The monoisotopic (exact) mass is 268 g/mol. The van der Waals surface area contributed by atoms with Gasteiger partial charge in [-0.25, -0.2) is 4.39 Å². The van der Waals surface area contributed by atoms with Gasteiger partial charge in [-0.05, 0) is 18.2 Å². The lowest BCUT2D eigenvalue weighted by Crippen LogP contribution is -2.43. The van der Waals surface area contributed by atoms with Crippen LogP contribution in [0.15, 0.2) is 53.5 Å². The van der Waals surface area contributed by atoms with Gasteiger partial charge in [-0.2, -0.15) is 0 Å². The molecular weight excluding hydrogens is 255 g/mol. The summed E-state index contributed by atoms with van der Waals surface area (Å²) < 4.78 is 13.6. The van der Waals surface area contributed by atoms with E-state index in [1.807, 2.05) is 35.2 Å². The van der Waals surface area contributed by atoms with Crippen molar-refractivity contribution >= 4 is 5.84 Å². The van der Waals surface area contributed by atoms with Gasteiger partial charge < -0.3 is 10.0 Å². The van der Waals surface area contributed by atoms with E-state index in [9.17, 15) is 9.50 Å². The van der Waals surface area contributed by atoms with Gasteiger partial charge in [0.1, 0.15) is 11.7 Å². The standard InChI is InChI=1S/C16H13FN2O/c17-12-6-7-13-14(10-12)16(20,11-4-2-1-3-5-11)19-9-8-18-15(13)19/h1-7,10,20H,8-9H2/t16-/m0/s1. The van der Waals surface area contributed by atoms with Gasteiger partial charge in [0.2, 0.25) is 0 Å². The zero-order valence-corrected chi connectivity index (χ0v) is 10.8. The lowest BCUT2D eigenvalue weighted by atomic mass is 9.93. The number of halogens is 1. The smallest absolute Gasteiger partial charge is 0.193 e. The van der Waals surface area contributed by atoms with Crippen molar-refractivity contribution in [2.24, 2.45) is 4.99 Å². The van der Waals surface area contributed by atoms with E-state index in [1.165, 1.54) is 12.1 Å². The van der Waals surface area contributed by atoms with Crippen molar-refractivity contribution in [1.29, 1.82) is 0 Å². The number of amidine groups is 1. The molecule has 1 atom stereocenters. The summed E-state index contributed by atoms with van der Waals surface area (Å²) >= 11 is 0. The molecule has 2 aromatic carbocycles. The summed E-state index contributed by atoms with van der Waals surface area (Å²) in [6.07, 6.45) is 0. The summed E-state index contributed by atoms with van der Waals surface area (Å²) in [5.41, 5.74) is 0.796. The fourth-order valence-corrected chi connectivity index (χ4v) is 3.12. The number of aliphatic hydroxyl groups is 1. The maximum atomic E-state index is 13.6. The second kappa shape index (κ2) is 3.90. The van der Waals surface area contributed by atoms with E-state index >= 15 is 0 Å². The molecule has 100 valence electrons. The van der Waals surface area contributed by atoms with E-state index in [-0.39, 0.29) is 5.82 Å². The third-order valence-electron chi connectivity index (χ3n) is 4.01. The second-order valence-corrected chi connectivity index (χ2v) is 5.09. The lowest BCUT2D eigenvalue weighted by Gasteiger charge is -2.33. The van der Waals surface area contributed by atoms with Crippen molar-refractivity contribution in [3.63, 3.8) is 0 Å². The van der Waals surface area contributed by atoms with Gasteiger partial charge in [0.05, 0.1) is 6.54 Å². The third-order valence-corrected chi connectivity index (χ3v) is 4.01. The van der Waals surface area contributed by atoms with Crippen LogP contribution >= 0.6 is 0 Å². The largest absolute Gasteiger partial charge is 0.363 e. The average molecular weight is 268 g/mol. The maximum Gasteiger partial charge on any atom is 0.193 e. The van der Waals surface area contributed by atoms with Crippen molar-refractivity contribution in [3.05, 3.63) is 71.0 Å². The predicted octanol–water partition coefficient (Wildman–Crippen LogP) is 2.09. The van der Waals surface area contributed by atoms with Crippen molar-refractivity contribution < 1.29 is 9.50 Å². The highest BCUT2D eigenvalue weighted by atomic mass is 19.1. The topological polar surface area (TPSA) is 35.8 Å². The van der Waals surface area contributed by atoms with Crippen LogP contribution in [0.25, 0.3) is 0 Å². The Morgan fingerprint density at radius 3 is 2.75 bits per heavy atom. The van der Waals surface area contributed by atoms with Crippen LogP contribution < -0.4 is 0 Å². The van der Waals surface area contributed by atoms with E-state index < -0.39 is 5.72 Å². The van der Waals surface area contributed by atoms with E-state index in [0.29, 0.717) is 18.7 Å². The summed E-state index contributed by atoms with van der Waals surface area (Å²) in [5.74, 6) is 0.409. The molecule has 20 heavy (non-hydrogen) atoms. The van der Waals surface area contributed by atoms with Crippen LogP contribution in [0, 0.1) is 5.82 Å². The van der Waals surface area contributed by atoms with Crippen LogP contribution in [0.3, 0.4) is 0 Å². The van der Waals surface area contributed by atoms with Crippen molar-refractivity contribution in [1.82, 2.24) is 4.90 Å². The molecule has 1 N–H and O–H groups in total. The second-order valence-electron chi connectivity index (χ2n) is 5.09. The molecule has 3 nitrogen and oxygen atoms in total. The molecule has 4 heteroatoms. The molecular formula is C16H13FN2O. The SMILES string of the molecule is O[C@@]1(c2ccccc2)c2cc(F)ccc2C2=NCCN21. The number of hydrogen-bond donors (Lipinski definition) is 1. The van der Waals surface area contributed by atoms with Crippen LogP contribution in [0.4, 0.5) is 4.39 Å². The first kappa shape index (κ1) is 11.6. The third kappa shape index (κ3) is 1.34. The maximum absolute atomic E-state index is 13.6. The van der Waals surface area contributed by atoms with Gasteiger partial charge in [-0.3, -0.25) is 4.99 Å². The first-order valence-corrected chi connectivity index (χ1v) is 6.61. The molecule has 2 aliphatic rings. The van der Waals surface area contributed by atoms with E-state index in [0.717, 1.165) is 17.0 Å². The molecule has 0 spiro atoms. The molecule has 0 saturated carbocycles. The molecule has 0 aromatic heterocycles. The molecule has 0 unspecified atom stereocenters. The molecule has 0 radical (unpaired) electrons. The molecule has 2 aliphatic heterocycles. The highest BCUT2D eigenvalue weighted by Crippen LogP contribution is 2.43. The Bertz CT molecular complexity index is 714. The normalized spacial score (nSPS) is 23.5. The van der Waals surface area contributed by atoms with Gasteiger partial charge in [0.15, 0.2) is 5.72 Å². The minimum Gasteiger partial charge on any atom is -0.363 e. The first-order valence-electron chi connectivity index (χ1n) is 6.61. The van der Waals surface area contributed by atoms with Gasteiger partial charge >= 0.3 is 0 Å². The fourth-order valence-electron chi connectivity index (χ4n) is 3.12. The lowest BCUT2D eigenvalue weighted by molar-refractivity contribution is -0.0244. The summed E-state index contributed by atoms with van der Waals surface area (Å²) in [7, 11) is 0. The zero-order valence-electron chi connectivity index (χ0n) is 10.8. The van der Waals surface area contributed by atoms with E-state index in [2.05, 4.69) is 4.99 Å². The number of benzene rings is 2. The quantitative estimate of drug-likeness (QED) is 0.859. The van der Waals surface area contributed by atoms with Crippen molar-refractivity contribution in [2.45, 2.75) is 5.72 Å². The molecule has 2 heterocycles. The highest BCUT2D eigenvalue weighted by molar-refractivity contribution is 6.05. The van der Waals surface area contributed by atoms with Crippen LogP contribution in [0.5, 0.6) is 0 Å². The molecule has 2 aromatic rings. The van der Waals surface area contributed by atoms with Gasteiger partial charge in [0, 0.05) is 23.2 Å². The molecule has 0 saturated heterocycles. The Morgan fingerprint density at radius 1 is 1.15 bits per heavy atom. The van der Waals surface area contributed by atoms with E-state index in [1.54, 1.807) is 6.07 Å². The minimum atomic E-state index is -1.33. The zero-order chi connectivity index (χ0) is 13.7. The number of fused-ring (bicyclic) bond motifs is 3. The van der Waals surface area contributed by atoms with Crippen molar-refractivity contribution in [2.75, 3.05) is 13.1 Å². The van der Waals surface area contributed by atoms with Gasteiger partial charge in [-0.15, -0.1) is 0 Å². The molecule has 4 rings (SSSR count). The minimum absolute atomic E-state index is 0.347. The first-order chi connectivity index (χ1) is 9.71. The number of hydrogen-bond acceptors (Lipinski definition) is 3. The van der Waals surface area contributed by atoms with Gasteiger partial charge in [-0.1, -0.05) is 30.3 Å². The summed E-state index contributed by atoms with van der Waals surface area (Å²) in [4.78, 5) is 6.30. The summed E-state index contributed by atoms with van der Waals surface area (Å²) in [6, 6.07) is 13.9. The molecule has 0 fully saturated rings. The Hall–Kier alpha value is -2.20. The highest BCUT2D eigenvalue weighted by Gasteiger charge is 2.49. The molecule has 0 bridgehead atoms. The number of aliphatic imine (C=N–C) groups is 1. The Balaban J connectivity index is 2.01. The van der Waals surface area contributed by atoms with E-state index in [4.69, 9.17) is 0 Å². The molecule has 0 amide bonds.